The minimum absolute atomic E-state index is 0.0263. The maximum Gasteiger partial charge on any atom is 0.225 e. The number of nitrogens with one attached hydrogen (secondary N) is 1. The SMILES string of the molecule is O=C(Cc1cccs1)NC1CCCCCC1O. The molecule has 2 N–H and O–H groups in total. The summed E-state index contributed by atoms with van der Waals surface area (Å²) in [6.45, 7) is 0. The van der Waals surface area contributed by atoms with Crippen LogP contribution in [0.5, 0.6) is 0 Å². The van der Waals surface area contributed by atoms with Gasteiger partial charge in [-0.25, -0.2) is 0 Å². The molecule has 94 valence electrons. The summed E-state index contributed by atoms with van der Waals surface area (Å²) >= 11 is 1.59. The molecular formula is C13H19NO2S. The van der Waals surface area contributed by atoms with E-state index in [2.05, 4.69) is 5.32 Å². The number of carbonyl (C=O) groups excluding carboxylic acids is 1. The minimum atomic E-state index is -0.371. The third kappa shape index (κ3) is 3.82. The molecule has 1 aromatic rings. The van der Waals surface area contributed by atoms with Crippen LogP contribution in [0.1, 0.15) is 37.0 Å². The van der Waals surface area contributed by atoms with Gasteiger partial charge in [-0.15, -0.1) is 11.3 Å². The van der Waals surface area contributed by atoms with E-state index in [1.165, 1.54) is 0 Å². The van der Waals surface area contributed by atoms with E-state index in [1.807, 2.05) is 17.5 Å². The highest BCUT2D eigenvalue weighted by molar-refractivity contribution is 7.10. The van der Waals surface area contributed by atoms with Crippen LogP contribution in [0.25, 0.3) is 0 Å². The van der Waals surface area contributed by atoms with Crippen molar-refractivity contribution in [2.24, 2.45) is 0 Å². The number of hydrogen-bond donors (Lipinski definition) is 2. The first kappa shape index (κ1) is 12.6. The Morgan fingerprint density at radius 1 is 1.41 bits per heavy atom. The van der Waals surface area contributed by atoms with Crippen LogP contribution in [0, 0.1) is 0 Å². The predicted octanol–water partition coefficient (Wildman–Crippen LogP) is 2.10. The molecule has 1 fully saturated rings. The number of carbonyl (C=O) groups is 1. The Hall–Kier alpha value is -0.870. The van der Waals surface area contributed by atoms with Crippen LogP contribution >= 0.6 is 11.3 Å². The molecule has 1 aliphatic rings. The van der Waals surface area contributed by atoms with E-state index in [4.69, 9.17) is 0 Å². The Kier molecular flexibility index (Phi) is 4.57. The summed E-state index contributed by atoms with van der Waals surface area (Å²) in [5, 5.41) is 14.9. The summed E-state index contributed by atoms with van der Waals surface area (Å²) < 4.78 is 0. The molecule has 0 aromatic carbocycles. The molecule has 2 unspecified atom stereocenters. The Morgan fingerprint density at radius 2 is 2.24 bits per heavy atom. The van der Waals surface area contributed by atoms with Crippen LogP contribution in [-0.4, -0.2) is 23.2 Å². The molecule has 3 nitrogen and oxygen atoms in total. The van der Waals surface area contributed by atoms with Gasteiger partial charge in [-0.05, 0) is 24.3 Å². The van der Waals surface area contributed by atoms with Crippen LogP contribution < -0.4 is 5.32 Å². The van der Waals surface area contributed by atoms with Gasteiger partial charge in [0, 0.05) is 4.88 Å². The van der Waals surface area contributed by atoms with Crippen LogP contribution in [0.2, 0.25) is 0 Å². The van der Waals surface area contributed by atoms with Crippen LogP contribution in [0.3, 0.4) is 0 Å². The van der Waals surface area contributed by atoms with E-state index >= 15 is 0 Å². The topological polar surface area (TPSA) is 49.3 Å². The summed E-state index contributed by atoms with van der Waals surface area (Å²) in [4.78, 5) is 12.9. The molecule has 1 saturated carbocycles. The fourth-order valence-electron chi connectivity index (χ4n) is 2.29. The van der Waals surface area contributed by atoms with E-state index < -0.39 is 0 Å². The van der Waals surface area contributed by atoms with Crippen molar-refractivity contribution in [2.75, 3.05) is 0 Å². The number of thiophene rings is 1. The number of hydrogen-bond acceptors (Lipinski definition) is 3. The van der Waals surface area contributed by atoms with Crippen molar-refractivity contribution in [2.45, 2.75) is 50.7 Å². The molecule has 1 amide bonds. The van der Waals surface area contributed by atoms with Gasteiger partial charge in [-0.1, -0.05) is 25.3 Å². The standard InChI is InChI=1S/C13H19NO2S/c15-12-7-3-1-2-6-11(12)14-13(16)9-10-5-4-8-17-10/h4-5,8,11-12,15H,1-3,6-7,9H2,(H,14,16). The molecular weight excluding hydrogens is 234 g/mol. The molecule has 1 heterocycles. The second-order valence-electron chi connectivity index (χ2n) is 4.64. The Balaban J connectivity index is 1.84. The van der Waals surface area contributed by atoms with Gasteiger partial charge in [0.15, 0.2) is 0 Å². The van der Waals surface area contributed by atoms with Crippen molar-refractivity contribution >= 4 is 17.2 Å². The van der Waals surface area contributed by atoms with Crippen molar-refractivity contribution in [3.8, 4) is 0 Å². The van der Waals surface area contributed by atoms with E-state index in [9.17, 15) is 9.90 Å². The lowest BCUT2D eigenvalue weighted by atomic mass is 10.1. The third-order valence-electron chi connectivity index (χ3n) is 3.24. The molecule has 0 spiro atoms. The molecule has 2 atom stereocenters. The predicted molar refractivity (Wildman–Crippen MR) is 69.0 cm³/mol. The second kappa shape index (κ2) is 6.17. The fraction of sp³-hybridized carbons (Fsp3) is 0.615. The Labute approximate surface area is 106 Å². The molecule has 1 aliphatic carbocycles. The first-order valence-corrected chi connectivity index (χ1v) is 7.13. The molecule has 17 heavy (non-hydrogen) atoms. The van der Waals surface area contributed by atoms with Crippen molar-refractivity contribution < 1.29 is 9.90 Å². The molecule has 1 aromatic heterocycles. The maximum absolute atomic E-state index is 11.8. The van der Waals surface area contributed by atoms with Gasteiger partial charge < -0.3 is 10.4 Å². The largest absolute Gasteiger partial charge is 0.391 e. The lowest BCUT2D eigenvalue weighted by Gasteiger charge is -2.21. The minimum Gasteiger partial charge on any atom is -0.391 e. The van der Waals surface area contributed by atoms with Gasteiger partial charge in [-0.2, -0.15) is 0 Å². The highest BCUT2D eigenvalue weighted by Crippen LogP contribution is 2.18. The summed E-state index contributed by atoms with van der Waals surface area (Å²) in [6.07, 6.45) is 5.10. The zero-order valence-electron chi connectivity index (χ0n) is 9.89. The molecule has 4 heteroatoms. The second-order valence-corrected chi connectivity index (χ2v) is 5.67. The third-order valence-corrected chi connectivity index (χ3v) is 4.12. The fourth-order valence-corrected chi connectivity index (χ4v) is 2.99. The highest BCUT2D eigenvalue weighted by atomic mass is 32.1. The Bertz CT molecular complexity index is 350. The first-order chi connectivity index (χ1) is 8.25. The number of aliphatic hydroxyl groups excluding tert-OH is 1. The van der Waals surface area contributed by atoms with E-state index in [0.29, 0.717) is 6.42 Å². The van der Waals surface area contributed by atoms with Crippen LogP contribution in [0.4, 0.5) is 0 Å². The van der Waals surface area contributed by atoms with E-state index in [0.717, 1.165) is 37.0 Å². The van der Waals surface area contributed by atoms with Crippen molar-refractivity contribution in [3.05, 3.63) is 22.4 Å². The zero-order chi connectivity index (χ0) is 12.1. The van der Waals surface area contributed by atoms with Crippen molar-refractivity contribution in [1.82, 2.24) is 5.32 Å². The average molecular weight is 253 g/mol. The van der Waals surface area contributed by atoms with Gasteiger partial charge >= 0.3 is 0 Å². The van der Waals surface area contributed by atoms with Gasteiger partial charge in [0.05, 0.1) is 18.6 Å². The molecule has 2 rings (SSSR count). The lowest BCUT2D eigenvalue weighted by Crippen LogP contribution is -2.43. The molecule has 0 aliphatic heterocycles. The average Bonchev–Trinajstić information content (AvgIpc) is 2.71. The number of rotatable bonds is 3. The number of aliphatic hydroxyl groups is 1. The Morgan fingerprint density at radius 3 is 3.00 bits per heavy atom. The van der Waals surface area contributed by atoms with Gasteiger partial charge in [0.1, 0.15) is 0 Å². The van der Waals surface area contributed by atoms with Gasteiger partial charge in [0.2, 0.25) is 5.91 Å². The summed E-state index contributed by atoms with van der Waals surface area (Å²) in [5.41, 5.74) is 0. The van der Waals surface area contributed by atoms with Crippen molar-refractivity contribution in [1.29, 1.82) is 0 Å². The van der Waals surface area contributed by atoms with Crippen LogP contribution in [-0.2, 0) is 11.2 Å². The van der Waals surface area contributed by atoms with E-state index in [-0.39, 0.29) is 18.1 Å². The highest BCUT2D eigenvalue weighted by Gasteiger charge is 2.23. The van der Waals surface area contributed by atoms with Gasteiger partial charge in [-0.3, -0.25) is 4.79 Å². The monoisotopic (exact) mass is 253 g/mol. The lowest BCUT2D eigenvalue weighted by molar-refractivity contribution is -0.122. The normalized spacial score (nSPS) is 25.2. The molecule has 0 bridgehead atoms. The van der Waals surface area contributed by atoms with Crippen molar-refractivity contribution in [3.63, 3.8) is 0 Å². The maximum atomic E-state index is 11.8. The van der Waals surface area contributed by atoms with Gasteiger partial charge in [0.25, 0.3) is 0 Å². The summed E-state index contributed by atoms with van der Waals surface area (Å²) in [7, 11) is 0. The smallest absolute Gasteiger partial charge is 0.225 e. The zero-order valence-corrected chi connectivity index (χ0v) is 10.7. The first-order valence-electron chi connectivity index (χ1n) is 6.25. The van der Waals surface area contributed by atoms with Crippen LogP contribution in [0.15, 0.2) is 17.5 Å². The quantitative estimate of drug-likeness (QED) is 0.810. The summed E-state index contributed by atoms with van der Waals surface area (Å²) in [6, 6.07) is 3.87. The van der Waals surface area contributed by atoms with E-state index in [1.54, 1.807) is 11.3 Å². The molecule has 0 radical (unpaired) electrons. The summed E-state index contributed by atoms with van der Waals surface area (Å²) in [5.74, 6) is 0.0263. The number of amides is 1. The molecule has 0 saturated heterocycles.